The number of hydrogen-bond acceptors (Lipinski definition) is 3. The van der Waals surface area contributed by atoms with Gasteiger partial charge in [0.05, 0.1) is 0 Å². The quantitative estimate of drug-likeness (QED) is 0.862. The SMILES string of the molecule is NC1CC2CCC(C1)N2C(=O)c1ccc(Br)cn1. The van der Waals surface area contributed by atoms with Crippen molar-refractivity contribution in [3.63, 3.8) is 0 Å². The van der Waals surface area contributed by atoms with Gasteiger partial charge in [0.1, 0.15) is 5.69 Å². The van der Waals surface area contributed by atoms with E-state index in [1.54, 1.807) is 12.3 Å². The zero-order valence-electron chi connectivity index (χ0n) is 10.1. The lowest BCUT2D eigenvalue weighted by atomic mass is 9.98. The third kappa shape index (κ3) is 2.06. The van der Waals surface area contributed by atoms with Crippen molar-refractivity contribution in [1.82, 2.24) is 9.88 Å². The van der Waals surface area contributed by atoms with Crippen molar-refractivity contribution in [1.29, 1.82) is 0 Å². The molecule has 96 valence electrons. The highest BCUT2D eigenvalue weighted by Gasteiger charge is 2.42. The number of nitrogens with zero attached hydrogens (tertiary/aromatic N) is 2. The first-order chi connectivity index (χ1) is 8.65. The van der Waals surface area contributed by atoms with E-state index >= 15 is 0 Å². The van der Waals surface area contributed by atoms with Crippen molar-refractivity contribution >= 4 is 21.8 Å². The van der Waals surface area contributed by atoms with Crippen molar-refractivity contribution in [3.8, 4) is 0 Å². The van der Waals surface area contributed by atoms with Crippen LogP contribution in [0.5, 0.6) is 0 Å². The molecule has 2 N–H and O–H groups in total. The summed E-state index contributed by atoms with van der Waals surface area (Å²) in [5.74, 6) is 0.0573. The van der Waals surface area contributed by atoms with Crippen molar-refractivity contribution in [2.75, 3.05) is 0 Å². The van der Waals surface area contributed by atoms with Gasteiger partial charge in [-0.15, -0.1) is 0 Å². The first-order valence-electron chi connectivity index (χ1n) is 6.35. The van der Waals surface area contributed by atoms with Gasteiger partial charge in [0.25, 0.3) is 5.91 Å². The fourth-order valence-corrected chi connectivity index (χ4v) is 3.42. The van der Waals surface area contributed by atoms with Gasteiger partial charge in [0.15, 0.2) is 0 Å². The van der Waals surface area contributed by atoms with E-state index < -0.39 is 0 Å². The third-order valence-electron chi connectivity index (χ3n) is 3.95. The van der Waals surface area contributed by atoms with E-state index in [1.165, 1.54) is 0 Å². The highest BCUT2D eigenvalue weighted by atomic mass is 79.9. The number of halogens is 1. The number of carbonyl (C=O) groups is 1. The van der Waals surface area contributed by atoms with Gasteiger partial charge in [-0.3, -0.25) is 4.79 Å². The lowest BCUT2D eigenvalue weighted by Gasteiger charge is -2.37. The topological polar surface area (TPSA) is 59.2 Å². The molecule has 2 unspecified atom stereocenters. The number of fused-ring (bicyclic) bond motifs is 2. The second-order valence-corrected chi connectivity index (χ2v) is 6.11. The van der Waals surface area contributed by atoms with Crippen LogP contribution in [0.15, 0.2) is 22.8 Å². The van der Waals surface area contributed by atoms with E-state index in [1.807, 2.05) is 11.0 Å². The summed E-state index contributed by atoms with van der Waals surface area (Å²) in [7, 11) is 0. The molecule has 0 radical (unpaired) electrons. The zero-order valence-corrected chi connectivity index (χ0v) is 11.6. The summed E-state index contributed by atoms with van der Waals surface area (Å²) >= 11 is 3.33. The Balaban J connectivity index is 1.83. The molecule has 0 aliphatic carbocycles. The van der Waals surface area contributed by atoms with E-state index in [9.17, 15) is 4.79 Å². The van der Waals surface area contributed by atoms with Crippen LogP contribution in [-0.2, 0) is 0 Å². The monoisotopic (exact) mass is 309 g/mol. The van der Waals surface area contributed by atoms with Crippen LogP contribution in [0.4, 0.5) is 0 Å². The van der Waals surface area contributed by atoms with Crippen LogP contribution in [0.3, 0.4) is 0 Å². The van der Waals surface area contributed by atoms with E-state index in [0.717, 1.165) is 30.2 Å². The van der Waals surface area contributed by atoms with Crippen molar-refractivity contribution in [3.05, 3.63) is 28.5 Å². The number of carbonyl (C=O) groups excluding carboxylic acids is 1. The molecule has 0 aromatic carbocycles. The molecule has 1 aromatic heterocycles. The number of nitrogens with two attached hydrogens (primary N) is 1. The Bertz CT molecular complexity index is 448. The number of aromatic nitrogens is 1. The summed E-state index contributed by atoms with van der Waals surface area (Å²) in [5.41, 5.74) is 6.55. The molecular formula is C13H16BrN3O. The normalized spacial score (nSPS) is 30.6. The number of pyridine rings is 1. The molecule has 0 saturated carbocycles. The van der Waals surface area contributed by atoms with Gasteiger partial charge in [-0.05, 0) is 53.7 Å². The summed E-state index contributed by atoms with van der Waals surface area (Å²) in [6.07, 6.45) is 5.70. The second kappa shape index (κ2) is 4.63. The van der Waals surface area contributed by atoms with Gasteiger partial charge >= 0.3 is 0 Å². The first-order valence-corrected chi connectivity index (χ1v) is 7.14. The number of rotatable bonds is 1. The van der Waals surface area contributed by atoms with E-state index in [4.69, 9.17) is 5.73 Å². The molecule has 4 nitrogen and oxygen atoms in total. The Morgan fingerprint density at radius 2 is 2.00 bits per heavy atom. The van der Waals surface area contributed by atoms with Crippen LogP contribution in [-0.4, -0.2) is 33.9 Å². The number of hydrogen-bond donors (Lipinski definition) is 1. The maximum atomic E-state index is 12.5. The van der Waals surface area contributed by atoms with Crippen molar-refractivity contribution in [2.24, 2.45) is 5.73 Å². The van der Waals surface area contributed by atoms with Crippen LogP contribution < -0.4 is 5.73 Å². The molecule has 2 atom stereocenters. The van der Waals surface area contributed by atoms with Gasteiger partial charge in [0.2, 0.25) is 0 Å². The van der Waals surface area contributed by atoms with E-state index in [0.29, 0.717) is 17.8 Å². The molecule has 18 heavy (non-hydrogen) atoms. The predicted molar refractivity (Wildman–Crippen MR) is 72.1 cm³/mol. The summed E-state index contributed by atoms with van der Waals surface area (Å²) in [4.78, 5) is 18.7. The highest BCUT2D eigenvalue weighted by molar-refractivity contribution is 9.10. The zero-order chi connectivity index (χ0) is 12.7. The smallest absolute Gasteiger partial charge is 0.272 e. The van der Waals surface area contributed by atoms with Gasteiger partial charge in [-0.1, -0.05) is 0 Å². The molecule has 1 aromatic rings. The summed E-state index contributed by atoms with van der Waals surface area (Å²) in [5, 5.41) is 0. The fourth-order valence-electron chi connectivity index (χ4n) is 3.19. The minimum atomic E-state index is 0.0573. The largest absolute Gasteiger partial charge is 0.331 e. The molecule has 3 rings (SSSR count). The fraction of sp³-hybridized carbons (Fsp3) is 0.538. The van der Waals surface area contributed by atoms with E-state index in [-0.39, 0.29) is 11.9 Å². The highest BCUT2D eigenvalue weighted by Crippen LogP contribution is 2.35. The molecule has 3 heterocycles. The Kier molecular flexibility index (Phi) is 3.11. The van der Waals surface area contributed by atoms with Gasteiger partial charge in [-0.25, -0.2) is 4.98 Å². The van der Waals surface area contributed by atoms with Gasteiger partial charge in [-0.2, -0.15) is 0 Å². The first kappa shape index (κ1) is 12.1. The molecule has 2 fully saturated rings. The minimum Gasteiger partial charge on any atom is -0.331 e. The summed E-state index contributed by atoms with van der Waals surface area (Å²) < 4.78 is 0.891. The maximum absolute atomic E-state index is 12.5. The summed E-state index contributed by atoms with van der Waals surface area (Å²) in [6.45, 7) is 0. The lowest BCUT2D eigenvalue weighted by molar-refractivity contribution is 0.0569. The molecule has 1 amide bonds. The molecule has 2 bridgehead atoms. The maximum Gasteiger partial charge on any atom is 0.272 e. The van der Waals surface area contributed by atoms with Crippen LogP contribution in [0.25, 0.3) is 0 Å². The van der Waals surface area contributed by atoms with Gasteiger partial charge in [0, 0.05) is 28.8 Å². The molecule has 0 spiro atoms. The lowest BCUT2D eigenvalue weighted by Crippen LogP contribution is -2.50. The Morgan fingerprint density at radius 3 is 2.56 bits per heavy atom. The van der Waals surface area contributed by atoms with Crippen LogP contribution in [0.1, 0.15) is 36.2 Å². The molecule has 2 aliphatic heterocycles. The van der Waals surface area contributed by atoms with Gasteiger partial charge < -0.3 is 10.6 Å². The second-order valence-electron chi connectivity index (χ2n) is 5.19. The van der Waals surface area contributed by atoms with Crippen LogP contribution >= 0.6 is 15.9 Å². The average molecular weight is 310 g/mol. The molecular weight excluding hydrogens is 294 g/mol. The predicted octanol–water partition coefficient (Wildman–Crippen LogP) is 1.94. The van der Waals surface area contributed by atoms with Crippen molar-refractivity contribution in [2.45, 2.75) is 43.8 Å². The average Bonchev–Trinajstić information content (AvgIpc) is 2.62. The molecule has 2 aliphatic rings. The Hall–Kier alpha value is -0.940. The molecule has 5 heteroatoms. The third-order valence-corrected chi connectivity index (χ3v) is 4.42. The standard InChI is InChI=1S/C13H16BrN3O/c14-8-1-4-12(16-7-8)13(18)17-10-2-3-11(17)6-9(15)5-10/h1,4,7,9-11H,2-3,5-6,15H2. The van der Waals surface area contributed by atoms with Crippen LogP contribution in [0.2, 0.25) is 0 Å². The minimum absolute atomic E-state index is 0.0573. The summed E-state index contributed by atoms with van der Waals surface area (Å²) in [6, 6.07) is 4.52. The Labute approximate surface area is 115 Å². The van der Waals surface area contributed by atoms with E-state index in [2.05, 4.69) is 20.9 Å². The van der Waals surface area contributed by atoms with Crippen LogP contribution in [0, 0.1) is 0 Å². The number of amides is 1. The molecule has 2 saturated heterocycles. The van der Waals surface area contributed by atoms with Crippen molar-refractivity contribution < 1.29 is 4.79 Å². The number of piperidine rings is 1. The Morgan fingerprint density at radius 1 is 1.33 bits per heavy atom.